The van der Waals surface area contributed by atoms with E-state index in [1.165, 1.54) is 14.0 Å². The van der Waals surface area contributed by atoms with Crippen molar-refractivity contribution in [2.75, 3.05) is 7.11 Å². The maximum Gasteiger partial charge on any atom is 0.320 e. The summed E-state index contributed by atoms with van der Waals surface area (Å²) in [6, 6.07) is 0. The Hall–Kier alpha value is -1.38. The zero-order valence-corrected chi connectivity index (χ0v) is 10.2. The van der Waals surface area contributed by atoms with Gasteiger partial charge in [0.2, 0.25) is 0 Å². The molecule has 3 atom stereocenters. The number of rotatable bonds is 4. The van der Waals surface area contributed by atoms with Crippen molar-refractivity contribution < 1.29 is 14.3 Å². The largest absolute Gasteiger partial charge is 0.468 e. The lowest BCUT2D eigenvalue weighted by molar-refractivity contribution is -0.151. The van der Waals surface area contributed by atoms with E-state index in [0.717, 1.165) is 5.57 Å². The first kappa shape index (κ1) is 12.7. The highest BCUT2D eigenvalue weighted by molar-refractivity contribution is 6.07. The number of ether oxygens (including phenoxy) is 1. The SMILES string of the molecule is C=C[C@H]1[C@H](C=C(C)C)C1(C(C)=O)C(=O)OC. The standard InChI is InChI=1S/C13H18O3/c1-6-10-11(7-8(2)3)13(10,9(4)14)12(15)16-5/h6-7,10-11H,1H2,2-5H3/t10-,11-,13?/m0/s1. The zero-order valence-electron chi connectivity index (χ0n) is 10.2. The number of Topliss-reactive ketones (excluding diaryl/α,β-unsaturated/α-hetero) is 1. The molecule has 3 heteroatoms. The zero-order chi connectivity index (χ0) is 12.5. The van der Waals surface area contributed by atoms with Crippen molar-refractivity contribution in [2.45, 2.75) is 20.8 Å². The van der Waals surface area contributed by atoms with Gasteiger partial charge in [0, 0.05) is 11.8 Å². The molecule has 0 bridgehead atoms. The molecule has 1 fully saturated rings. The summed E-state index contributed by atoms with van der Waals surface area (Å²) in [7, 11) is 1.31. The molecule has 0 radical (unpaired) electrons. The summed E-state index contributed by atoms with van der Waals surface area (Å²) >= 11 is 0. The predicted octanol–water partition coefficient (Wildman–Crippen LogP) is 2.13. The van der Waals surface area contributed by atoms with Gasteiger partial charge >= 0.3 is 5.97 Å². The second kappa shape index (κ2) is 4.24. The molecule has 1 aliphatic carbocycles. The van der Waals surface area contributed by atoms with Crippen molar-refractivity contribution in [3.8, 4) is 0 Å². The number of allylic oxidation sites excluding steroid dienone is 3. The maximum absolute atomic E-state index is 11.8. The van der Waals surface area contributed by atoms with Gasteiger partial charge in [-0.05, 0) is 20.8 Å². The third-order valence-electron chi connectivity index (χ3n) is 3.20. The van der Waals surface area contributed by atoms with Crippen molar-refractivity contribution in [1.29, 1.82) is 0 Å². The average Bonchev–Trinajstić information content (AvgIpc) is 2.84. The highest BCUT2D eigenvalue weighted by atomic mass is 16.5. The van der Waals surface area contributed by atoms with Crippen molar-refractivity contribution in [3.63, 3.8) is 0 Å². The summed E-state index contributed by atoms with van der Waals surface area (Å²) in [6.07, 6.45) is 3.62. The monoisotopic (exact) mass is 222 g/mol. The fourth-order valence-corrected chi connectivity index (χ4v) is 2.42. The van der Waals surface area contributed by atoms with Crippen LogP contribution in [0.15, 0.2) is 24.3 Å². The maximum atomic E-state index is 11.8. The Labute approximate surface area is 96.2 Å². The third-order valence-corrected chi connectivity index (χ3v) is 3.20. The summed E-state index contributed by atoms with van der Waals surface area (Å²) in [5.74, 6) is -0.827. The smallest absolute Gasteiger partial charge is 0.320 e. The lowest BCUT2D eigenvalue weighted by Crippen LogP contribution is -2.28. The molecule has 0 heterocycles. The van der Waals surface area contributed by atoms with E-state index in [-0.39, 0.29) is 17.6 Å². The van der Waals surface area contributed by atoms with Crippen molar-refractivity contribution in [2.24, 2.45) is 17.3 Å². The Kier molecular flexibility index (Phi) is 3.36. The highest BCUT2D eigenvalue weighted by Gasteiger charge is 2.71. The van der Waals surface area contributed by atoms with Crippen LogP contribution in [0, 0.1) is 17.3 Å². The molecule has 1 aliphatic rings. The van der Waals surface area contributed by atoms with Crippen LogP contribution in [0.1, 0.15) is 20.8 Å². The lowest BCUT2D eigenvalue weighted by Gasteiger charge is -2.10. The second-order valence-corrected chi connectivity index (χ2v) is 4.45. The lowest BCUT2D eigenvalue weighted by atomic mass is 9.96. The van der Waals surface area contributed by atoms with E-state index in [4.69, 9.17) is 4.74 Å². The van der Waals surface area contributed by atoms with E-state index < -0.39 is 11.4 Å². The quantitative estimate of drug-likeness (QED) is 0.416. The number of methoxy groups -OCH3 is 1. The van der Waals surface area contributed by atoms with E-state index in [9.17, 15) is 9.59 Å². The van der Waals surface area contributed by atoms with Crippen molar-refractivity contribution in [1.82, 2.24) is 0 Å². The van der Waals surface area contributed by atoms with Crippen LogP contribution in [-0.2, 0) is 14.3 Å². The molecule has 0 aromatic rings. The topological polar surface area (TPSA) is 43.4 Å². The molecule has 3 nitrogen and oxygen atoms in total. The summed E-state index contributed by atoms with van der Waals surface area (Å²) < 4.78 is 4.75. The first-order valence-corrected chi connectivity index (χ1v) is 5.29. The summed E-state index contributed by atoms with van der Waals surface area (Å²) in [5.41, 5.74) is 0.0669. The molecule has 1 unspecified atom stereocenters. The number of carbonyl (C=O) groups is 2. The van der Waals surface area contributed by atoms with Gasteiger partial charge in [-0.1, -0.05) is 17.7 Å². The average molecular weight is 222 g/mol. The van der Waals surface area contributed by atoms with Gasteiger partial charge < -0.3 is 4.74 Å². The van der Waals surface area contributed by atoms with Crippen LogP contribution in [-0.4, -0.2) is 18.9 Å². The van der Waals surface area contributed by atoms with Gasteiger partial charge in [0.25, 0.3) is 0 Å². The number of ketones is 1. The van der Waals surface area contributed by atoms with Gasteiger partial charge in [-0.2, -0.15) is 0 Å². The Bertz CT molecular complexity index is 363. The molecule has 0 aromatic carbocycles. The van der Waals surface area contributed by atoms with Gasteiger partial charge in [-0.15, -0.1) is 6.58 Å². The summed E-state index contributed by atoms with van der Waals surface area (Å²) in [4.78, 5) is 23.5. The van der Waals surface area contributed by atoms with Gasteiger partial charge in [-0.25, -0.2) is 0 Å². The van der Waals surface area contributed by atoms with E-state index in [0.29, 0.717) is 0 Å². The van der Waals surface area contributed by atoms with Gasteiger partial charge in [-0.3, -0.25) is 9.59 Å². The Balaban J connectivity index is 3.14. The fourth-order valence-electron chi connectivity index (χ4n) is 2.42. The minimum absolute atomic E-state index is 0.0973. The number of hydrogen-bond acceptors (Lipinski definition) is 3. The van der Waals surface area contributed by atoms with E-state index in [1.54, 1.807) is 6.08 Å². The number of carbonyl (C=O) groups excluding carboxylic acids is 2. The van der Waals surface area contributed by atoms with Crippen molar-refractivity contribution >= 4 is 11.8 Å². The molecule has 0 aliphatic heterocycles. The molecule has 0 N–H and O–H groups in total. The molecule has 0 amide bonds. The molecule has 16 heavy (non-hydrogen) atoms. The van der Waals surface area contributed by atoms with Crippen LogP contribution in [0.25, 0.3) is 0 Å². The predicted molar refractivity (Wildman–Crippen MR) is 61.7 cm³/mol. The van der Waals surface area contributed by atoms with Gasteiger partial charge in [0.15, 0.2) is 0 Å². The highest BCUT2D eigenvalue weighted by Crippen LogP contribution is 2.61. The molecule has 88 valence electrons. The van der Waals surface area contributed by atoms with Gasteiger partial charge in [0.1, 0.15) is 11.2 Å². The number of esters is 1. The molecular weight excluding hydrogens is 204 g/mol. The van der Waals surface area contributed by atoms with E-state index in [2.05, 4.69) is 6.58 Å². The van der Waals surface area contributed by atoms with Crippen LogP contribution < -0.4 is 0 Å². The Morgan fingerprint density at radius 2 is 1.81 bits per heavy atom. The van der Waals surface area contributed by atoms with Crippen LogP contribution in [0.5, 0.6) is 0 Å². The second-order valence-electron chi connectivity index (χ2n) is 4.45. The third kappa shape index (κ3) is 1.60. The van der Waals surface area contributed by atoms with Crippen LogP contribution in [0.4, 0.5) is 0 Å². The Morgan fingerprint density at radius 3 is 2.12 bits per heavy atom. The minimum atomic E-state index is -1.02. The molecule has 0 saturated heterocycles. The van der Waals surface area contributed by atoms with E-state index >= 15 is 0 Å². The van der Waals surface area contributed by atoms with Crippen LogP contribution in [0.3, 0.4) is 0 Å². The summed E-state index contributed by atoms with van der Waals surface area (Å²) in [5, 5.41) is 0. The first-order chi connectivity index (χ1) is 7.42. The molecule has 1 rings (SSSR count). The summed E-state index contributed by atoms with van der Waals surface area (Å²) in [6.45, 7) is 9.01. The molecule has 0 aromatic heterocycles. The normalized spacial score (nSPS) is 31.5. The minimum Gasteiger partial charge on any atom is -0.468 e. The molecule has 0 spiro atoms. The Morgan fingerprint density at radius 1 is 1.25 bits per heavy atom. The molecule has 1 saturated carbocycles. The first-order valence-electron chi connectivity index (χ1n) is 5.29. The van der Waals surface area contributed by atoms with Crippen LogP contribution in [0.2, 0.25) is 0 Å². The van der Waals surface area contributed by atoms with Gasteiger partial charge in [0.05, 0.1) is 7.11 Å². The fraction of sp³-hybridized carbons (Fsp3) is 0.538. The number of hydrogen-bond donors (Lipinski definition) is 0. The van der Waals surface area contributed by atoms with Crippen LogP contribution >= 0.6 is 0 Å². The molecular formula is C13H18O3. The van der Waals surface area contributed by atoms with E-state index in [1.807, 2.05) is 19.9 Å². The van der Waals surface area contributed by atoms with Crippen molar-refractivity contribution in [3.05, 3.63) is 24.3 Å².